The first-order valence-electron chi connectivity index (χ1n) is 5.72. The van der Waals surface area contributed by atoms with Gasteiger partial charge in [-0.15, -0.1) is 0 Å². The Labute approximate surface area is 104 Å². The highest BCUT2D eigenvalue weighted by molar-refractivity contribution is 6.09. The van der Waals surface area contributed by atoms with Crippen LogP contribution in [0.15, 0.2) is 36.5 Å². The lowest BCUT2D eigenvalue weighted by Crippen LogP contribution is -1.98. The molecule has 0 saturated carbocycles. The first-order valence-corrected chi connectivity index (χ1v) is 5.72. The summed E-state index contributed by atoms with van der Waals surface area (Å²) in [4.78, 5) is 8.71. The highest BCUT2D eigenvalue weighted by Gasteiger charge is 2.10. The lowest BCUT2D eigenvalue weighted by atomic mass is 10.0. The smallest absolute Gasteiger partial charge is 0.150 e. The Balaban J connectivity index is 2.51. The number of anilines is 1. The van der Waals surface area contributed by atoms with E-state index in [-0.39, 0.29) is 0 Å². The van der Waals surface area contributed by atoms with Crippen molar-refractivity contribution in [2.24, 2.45) is 0 Å². The maximum atomic E-state index is 5.97. The molecular formula is C14H13N3O. The molecule has 90 valence electrons. The number of nitrogen functional groups attached to an aromatic ring is 1. The summed E-state index contributed by atoms with van der Waals surface area (Å²) < 4.78 is 5.24. The maximum absolute atomic E-state index is 5.97. The molecule has 0 bridgehead atoms. The minimum atomic E-state index is 0.460. The molecule has 0 atom stereocenters. The van der Waals surface area contributed by atoms with Gasteiger partial charge in [-0.1, -0.05) is 18.2 Å². The highest BCUT2D eigenvalue weighted by atomic mass is 16.5. The molecule has 0 saturated heterocycles. The number of pyridine rings is 2. The second kappa shape index (κ2) is 4.23. The molecule has 3 aromatic rings. The van der Waals surface area contributed by atoms with Crippen LogP contribution >= 0.6 is 0 Å². The quantitative estimate of drug-likeness (QED) is 0.698. The minimum Gasteiger partial charge on any atom is -0.382 e. The second-order valence-electron chi connectivity index (χ2n) is 4.14. The monoisotopic (exact) mass is 239 g/mol. The number of fused-ring (bicyclic) bond motifs is 3. The number of rotatable bonds is 2. The fourth-order valence-electron chi connectivity index (χ4n) is 2.24. The van der Waals surface area contributed by atoms with Crippen molar-refractivity contribution < 1.29 is 4.74 Å². The van der Waals surface area contributed by atoms with Gasteiger partial charge in [0, 0.05) is 24.1 Å². The normalized spacial score (nSPS) is 11.2. The van der Waals surface area contributed by atoms with Crippen LogP contribution in [0.5, 0.6) is 0 Å². The van der Waals surface area contributed by atoms with E-state index in [4.69, 9.17) is 10.5 Å². The zero-order valence-electron chi connectivity index (χ0n) is 10.1. The lowest BCUT2D eigenvalue weighted by molar-refractivity contribution is 0.186. The van der Waals surface area contributed by atoms with Crippen molar-refractivity contribution in [1.82, 2.24) is 9.97 Å². The number of para-hydroxylation sites is 1. The largest absolute Gasteiger partial charge is 0.382 e. The van der Waals surface area contributed by atoms with Crippen molar-refractivity contribution >= 4 is 27.6 Å². The molecule has 0 aliphatic rings. The van der Waals surface area contributed by atoms with Crippen LogP contribution in [-0.2, 0) is 11.3 Å². The summed E-state index contributed by atoms with van der Waals surface area (Å²) in [5.41, 5.74) is 8.67. The van der Waals surface area contributed by atoms with E-state index >= 15 is 0 Å². The number of benzene rings is 1. The van der Waals surface area contributed by atoms with Gasteiger partial charge in [-0.25, -0.2) is 4.98 Å². The topological polar surface area (TPSA) is 61.0 Å². The van der Waals surface area contributed by atoms with E-state index in [1.807, 2.05) is 30.3 Å². The SMILES string of the molecule is COCc1ccnc2c(N)nc3ccccc3c12. The van der Waals surface area contributed by atoms with Crippen molar-refractivity contribution in [1.29, 1.82) is 0 Å². The Morgan fingerprint density at radius 1 is 1.22 bits per heavy atom. The molecule has 4 nitrogen and oxygen atoms in total. The van der Waals surface area contributed by atoms with E-state index in [0.717, 1.165) is 27.4 Å². The van der Waals surface area contributed by atoms with E-state index in [1.54, 1.807) is 13.3 Å². The van der Waals surface area contributed by atoms with Crippen LogP contribution in [-0.4, -0.2) is 17.1 Å². The highest BCUT2D eigenvalue weighted by Crippen LogP contribution is 2.29. The van der Waals surface area contributed by atoms with E-state index in [9.17, 15) is 0 Å². The van der Waals surface area contributed by atoms with Gasteiger partial charge in [0.05, 0.1) is 12.1 Å². The summed E-state index contributed by atoms with van der Waals surface area (Å²) in [6, 6.07) is 9.88. The first-order chi connectivity index (χ1) is 8.81. The molecule has 0 spiro atoms. The van der Waals surface area contributed by atoms with E-state index in [2.05, 4.69) is 9.97 Å². The molecule has 2 heterocycles. The molecule has 0 unspecified atom stereocenters. The molecule has 0 radical (unpaired) electrons. The molecule has 3 rings (SSSR count). The van der Waals surface area contributed by atoms with Crippen LogP contribution < -0.4 is 5.73 Å². The Bertz CT molecular complexity index is 725. The summed E-state index contributed by atoms with van der Waals surface area (Å²) in [6.45, 7) is 0.534. The lowest BCUT2D eigenvalue weighted by Gasteiger charge is -2.09. The van der Waals surface area contributed by atoms with Crippen LogP contribution in [0, 0.1) is 0 Å². The van der Waals surface area contributed by atoms with Gasteiger partial charge in [-0.3, -0.25) is 4.98 Å². The van der Waals surface area contributed by atoms with Gasteiger partial charge in [-0.2, -0.15) is 0 Å². The average Bonchev–Trinajstić information content (AvgIpc) is 2.40. The van der Waals surface area contributed by atoms with Crippen molar-refractivity contribution in [2.45, 2.75) is 6.61 Å². The van der Waals surface area contributed by atoms with Crippen LogP contribution in [0.3, 0.4) is 0 Å². The van der Waals surface area contributed by atoms with Gasteiger partial charge in [0.25, 0.3) is 0 Å². The number of hydrogen-bond acceptors (Lipinski definition) is 4. The van der Waals surface area contributed by atoms with Gasteiger partial charge >= 0.3 is 0 Å². The number of ether oxygens (including phenoxy) is 1. The fraction of sp³-hybridized carbons (Fsp3) is 0.143. The Kier molecular flexibility index (Phi) is 2.57. The van der Waals surface area contributed by atoms with Crippen molar-refractivity contribution in [3.8, 4) is 0 Å². The molecule has 2 N–H and O–H groups in total. The van der Waals surface area contributed by atoms with Crippen LogP contribution in [0.2, 0.25) is 0 Å². The van der Waals surface area contributed by atoms with Gasteiger partial charge in [-0.05, 0) is 17.7 Å². The number of aromatic nitrogens is 2. The van der Waals surface area contributed by atoms with Crippen LogP contribution in [0.25, 0.3) is 21.8 Å². The van der Waals surface area contributed by atoms with Gasteiger partial charge in [0.1, 0.15) is 5.52 Å². The molecule has 0 aliphatic carbocycles. The van der Waals surface area contributed by atoms with Gasteiger partial charge in [0.15, 0.2) is 5.82 Å². The molecule has 0 amide bonds. The van der Waals surface area contributed by atoms with E-state index < -0.39 is 0 Å². The zero-order valence-corrected chi connectivity index (χ0v) is 10.1. The van der Waals surface area contributed by atoms with Crippen molar-refractivity contribution in [3.63, 3.8) is 0 Å². The molecular weight excluding hydrogens is 226 g/mol. The summed E-state index contributed by atoms with van der Waals surface area (Å²) in [5, 5.41) is 2.09. The number of nitrogens with zero attached hydrogens (tertiary/aromatic N) is 2. The molecule has 0 fully saturated rings. The third-order valence-electron chi connectivity index (χ3n) is 2.99. The standard InChI is InChI=1S/C14H13N3O/c1-18-8-9-6-7-16-13-12(9)10-4-2-3-5-11(10)17-14(13)15/h2-7H,8H2,1H3,(H2,15,17). The Hall–Kier alpha value is -2.20. The minimum absolute atomic E-state index is 0.460. The third-order valence-corrected chi connectivity index (χ3v) is 2.99. The molecule has 0 aliphatic heterocycles. The fourth-order valence-corrected chi connectivity index (χ4v) is 2.24. The first kappa shape index (κ1) is 10.9. The van der Waals surface area contributed by atoms with Crippen LogP contribution in [0.4, 0.5) is 5.82 Å². The third kappa shape index (κ3) is 1.58. The zero-order chi connectivity index (χ0) is 12.5. The average molecular weight is 239 g/mol. The Morgan fingerprint density at radius 3 is 2.89 bits per heavy atom. The molecule has 2 aromatic heterocycles. The van der Waals surface area contributed by atoms with Crippen molar-refractivity contribution in [2.75, 3.05) is 12.8 Å². The second-order valence-corrected chi connectivity index (χ2v) is 4.14. The number of hydrogen-bond donors (Lipinski definition) is 1. The molecule has 1 aromatic carbocycles. The summed E-state index contributed by atoms with van der Waals surface area (Å²) in [7, 11) is 1.68. The molecule has 18 heavy (non-hydrogen) atoms. The van der Waals surface area contributed by atoms with E-state index in [0.29, 0.717) is 12.4 Å². The predicted octanol–water partition coefficient (Wildman–Crippen LogP) is 2.51. The molecule has 4 heteroatoms. The maximum Gasteiger partial charge on any atom is 0.150 e. The van der Waals surface area contributed by atoms with Crippen LogP contribution in [0.1, 0.15) is 5.56 Å². The van der Waals surface area contributed by atoms with Gasteiger partial charge < -0.3 is 10.5 Å². The number of methoxy groups -OCH3 is 1. The summed E-state index contributed by atoms with van der Waals surface area (Å²) in [6.07, 6.45) is 1.74. The van der Waals surface area contributed by atoms with Crippen molar-refractivity contribution in [3.05, 3.63) is 42.1 Å². The van der Waals surface area contributed by atoms with Gasteiger partial charge in [0.2, 0.25) is 0 Å². The summed E-state index contributed by atoms with van der Waals surface area (Å²) in [5.74, 6) is 0.460. The number of nitrogens with two attached hydrogens (primary N) is 1. The van der Waals surface area contributed by atoms with E-state index in [1.165, 1.54) is 0 Å². The predicted molar refractivity (Wildman–Crippen MR) is 72.2 cm³/mol. The summed E-state index contributed by atoms with van der Waals surface area (Å²) >= 11 is 0. The Morgan fingerprint density at radius 2 is 2.06 bits per heavy atom.